The summed E-state index contributed by atoms with van der Waals surface area (Å²) >= 11 is 12.2. The molecule has 7 heteroatoms. The van der Waals surface area contributed by atoms with Gasteiger partial charge in [0.05, 0.1) is 5.92 Å². The quantitative estimate of drug-likeness (QED) is 0.0775. The minimum atomic E-state index is -0.584. The van der Waals surface area contributed by atoms with E-state index in [1.54, 1.807) is 0 Å². The molecule has 0 spiro atoms. The summed E-state index contributed by atoms with van der Waals surface area (Å²) < 4.78 is 11.8. The number of alkyl halides is 2. The van der Waals surface area contributed by atoms with Crippen molar-refractivity contribution in [1.29, 1.82) is 0 Å². The molecule has 1 saturated carbocycles. The van der Waals surface area contributed by atoms with Crippen LogP contribution in [0.1, 0.15) is 137 Å². The number of carbonyl (C=O) groups excluding carboxylic acids is 2. The first-order valence-corrected chi connectivity index (χ1v) is 16.6. The third kappa shape index (κ3) is 15.9. The summed E-state index contributed by atoms with van der Waals surface area (Å²) in [5, 5.41) is 0. The first kappa shape index (κ1) is 35.5. The lowest BCUT2D eigenvalue weighted by Gasteiger charge is -2.42. The Labute approximate surface area is 244 Å². The van der Waals surface area contributed by atoms with E-state index < -0.39 is 17.6 Å². The highest BCUT2D eigenvalue weighted by Crippen LogP contribution is 2.33. The van der Waals surface area contributed by atoms with Crippen LogP contribution in [0.15, 0.2) is 0 Å². The molecular weight excluding hydrogens is 521 g/mol. The molecule has 0 aromatic heterocycles. The van der Waals surface area contributed by atoms with Crippen LogP contribution in [0.4, 0.5) is 0 Å². The maximum Gasteiger partial charge on any atom is 0.313 e. The molecule has 0 aromatic rings. The average molecular weight is 579 g/mol. The van der Waals surface area contributed by atoms with Crippen molar-refractivity contribution in [3.8, 4) is 0 Å². The van der Waals surface area contributed by atoms with Crippen LogP contribution in [0.3, 0.4) is 0 Å². The summed E-state index contributed by atoms with van der Waals surface area (Å²) in [5.74, 6) is -0.0292. The first-order valence-electron chi connectivity index (χ1n) is 15.5. The van der Waals surface area contributed by atoms with Gasteiger partial charge in [-0.3, -0.25) is 14.5 Å². The minimum absolute atomic E-state index is 0.0747. The molecule has 38 heavy (non-hydrogen) atoms. The van der Waals surface area contributed by atoms with Crippen molar-refractivity contribution in [3.63, 3.8) is 0 Å². The lowest BCUT2D eigenvalue weighted by Crippen LogP contribution is -2.54. The third-order valence-electron chi connectivity index (χ3n) is 7.46. The molecule has 0 N–H and O–H groups in total. The van der Waals surface area contributed by atoms with E-state index in [-0.39, 0.29) is 18.0 Å². The smallest absolute Gasteiger partial charge is 0.313 e. The standard InChI is InChI=1S/C31H57Cl2NO4/c1-5-6-7-8-9-10-11-12-13-14-15-16-17-21-28(35)37-29-26(30(36)38-31(2,3)4)19-18-20-27(29)34(24-22-32)25-23-33/h26-27,29H,5-25H2,1-4H3/t26-,27+,29+/m0/s1. The molecule has 224 valence electrons. The van der Waals surface area contributed by atoms with Gasteiger partial charge in [0.15, 0.2) is 0 Å². The molecule has 0 heterocycles. The average Bonchev–Trinajstić information content (AvgIpc) is 2.86. The van der Waals surface area contributed by atoms with Gasteiger partial charge in [-0.1, -0.05) is 90.4 Å². The van der Waals surface area contributed by atoms with Crippen molar-refractivity contribution in [3.05, 3.63) is 0 Å². The molecule has 0 amide bonds. The van der Waals surface area contributed by atoms with Gasteiger partial charge in [-0.05, 0) is 40.0 Å². The lowest BCUT2D eigenvalue weighted by molar-refractivity contribution is -0.177. The fraction of sp³-hybridized carbons (Fsp3) is 0.935. The molecule has 0 aromatic carbocycles. The zero-order chi connectivity index (χ0) is 28.2. The summed E-state index contributed by atoms with van der Waals surface area (Å²) in [5.41, 5.74) is -0.584. The molecule has 0 bridgehead atoms. The van der Waals surface area contributed by atoms with Crippen molar-refractivity contribution in [2.45, 2.75) is 155 Å². The van der Waals surface area contributed by atoms with E-state index in [2.05, 4.69) is 11.8 Å². The van der Waals surface area contributed by atoms with E-state index in [0.29, 0.717) is 37.7 Å². The molecule has 3 atom stereocenters. The summed E-state index contributed by atoms with van der Waals surface area (Å²) in [6.07, 6.45) is 18.7. The Morgan fingerprint density at radius 1 is 0.789 bits per heavy atom. The Bertz CT molecular complexity index is 619. The van der Waals surface area contributed by atoms with Crippen LogP contribution in [0.5, 0.6) is 0 Å². The molecule has 0 unspecified atom stereocenters. The zero-order valence-corrected chi connectivity index (χ0v) is 26.4. The predicted molar refractivity (Wildman–Crippen MR) is 160 cm³/mol. The number of hydrogen-bond donors (Lipinski definition) is 0. The monoisotopic (exact) mass is 577 g/mol. The van der Waals surface area contributed by atoms with Gasteiger partial charge in [-0.2, -0.15) is 0 Å². The first-order chi connectivity index (χ1) is 18.2. The second kappa shape index (κ2) is 21.3. The number of halogens is 2. The highest BCUT2D eigenvalue weighted by atomic mass is 35.5. The summed E-state index contributed by atoms with van der Waals surface area (Å²) in [7, 11) is 0. The zero-order valence-electron chi connectivity index (χ0n) is 24.9. The normalized spacial score (nSPS) is 20.0. The highest BCUT2D eigenvalue weighted by molar-refractivity contribution is 6.18. The van der Waals surface area contributed by atoms with Gasteiger partial charge in [-0.15, -0.1) is 23.2 Å². The topological polar surface area (TPSA) is 55.8 Å². The molecular formula is C31H57Cl2NO4. The lowest BCUT2D eigenvalue weighted by atomic mass is 9.81. The number of hydrogen-bond acceptors (Lipinski definition) is 5. The summed E-state index contributed by atoms with van der Waals surface area (Å²) in [4.78, 5) is 28.2. The number of carbonyl (C=O) groups is 2. The molecule has 1 rings (SSSR count). The predicted octanol–water partition coefficient (Wildman–Crippen LogP) is 8.67. The number of rotatable bonds is 21. The third-order valence-corrected chi connectivity index (χ3v) is 7.80. The van der Waals surface area contributed by atoms with Crippen molar-refractivity contribution in [1.82, 2.24) is 4.90 Å². The van der Waals surface area contributed by atoms with Crippen LogP contribution in [0, 0.1) is 5.92 Å². The van der Waals surface area contributed by atoms with Gasteiger partial charge >= 0.3 is 11.9 Å². The number of ether oxygens (including phenoxy) is 2. The number of unbranched alkanes of at least 4 members (excludes halogenated alkanes) is 12. The van der Waals surface area contributed by atoms with E-state index in [9.17, 15) is 9.59 Å². The minimum Gasteiger partial charge on any atom is -0.460 e. The molecule has 0 radical (unpaired) electrons. The van der Waals surface area contributed by atoms with Crippen LogP contribution in [0.2, 0.25) is 0 Å². The molecule has 0 saturated heterocycles. The van der Waals surface area contributed by atoms with Crippen molar-refractivity contribution in [2.75, 3.05) is 24.8 Å². The van der Waals surface area contributed by atoms with Gasteiger partial charge in [0.25, 0.3) is 0 Å². The largest absolute Gasteiger partial charge is 0.460 e. The maximum atomic E-state index is 13.1. The molecule has 1 aliphatic rings. The highest BCUT2D eigenvalue weighted by Gasteiger charge is 2.44. The van der Waals surface area contributed by atoms with Gasteiger partial charge in [-0.25, -0.2) is 0 Å². The van der Waals surface area contributed by atoms with Gasteiger partial charge in [0.2, 0.25) is 0 Å². The van der Waals surface area contributed by atoms with Crippen LogP contribution >= 0.6 is 23.2 Å². The van der Waals surface area contributed by atoms with E-state index in [0.717, 1.165) is 32.1 Å². The van der Waals surface area contributed by atoms with Crippen molar-refractivity contribution in [2.24, 2.45) is 5.92 Å². The van der Waals surface area contributed by atoms with E-state index in [4.69, 9.17) is 32.7 Å². The van der Waals surface area contributed by atoms with Crippen molar-refractivity contribution >= 4 is 35.1 Å². The van der Waals surface area contributed by atoms with E-state index >= 15 is 0 Å². The summed E-state index contributed by atoms with van der Waals surface area (Å²) in [6.45, 7) is 9.16. The van der Waals surface area contributed by atoms with Crippen molar-refractivity contribution < 1.29 is 19.1 Å². The fourth-order valence-corrected chi connectivity index (χ4v) is 5.92. The van der Waals surface area contributed by atoms with Crippen LogP contribution in [-0.4, -0.2) is 59.4 Å². The molecule has 5 nitrogen and oxygen atoms in total. The Morgan fingerprint density at radius 3 is 1.76 bits per heavy atom. The summed E-state index contributed by atoms with van der Waals surface area (Å²) in [6, 6.07) is -0.0747. The van der Waals surface area contributed by atoms with Gasteiger partial charge < -0.3 is 9.47 Å². The Morgan fingerprint density at radius 2 is 1.29 bits per heavy atom. The molecule has 1 aliphatic carbocycles. The van der Waals surface area contributed by atoms with Crippen LogP contribution in [-0.2, 0) is 19.1 Å². The van der Waals surface area contributed by atoms with Crippen LogP contribution in [0.25, 0.3) is 0 Å². The molecule has 0 aliphatic heterocycles. The maximum absolute atomic E-state index is 13.1. The number of esters is 2. The molecule has 1 fully saturated rings. The SMILES string of the molecule is CCCCCCCCCCCCCCCC(=O)O[C@@H]1[C@@H](C(=O)OC(C)(C)C)CCC[C@H]1N(CCCl)CCCl. The van der Waals surface area contributed by atoms with Crippen LogP contribution < -0.4 is 0 Å². The van der Waals surface area contributed by atoms with E-state index in [1.807, 2.05) is 20.8 Å². The van der Waals surface area contributed by atoms with Gasteiger partial charge in [0.1, 0.15) is 11.7 Å². The number of nitrogens with zero attached hydrogens (tertiary/aromatic N) is 1. The Balaban J connectivity index is 2.49. The van der Waals surface area contributed by atoms with Gasteiger partial charge in [0, 0.05) is 37.3 Å². The second-order valence-corrected chi connectivity index (χ2v) is 12.8. The van der Waals surface area contributed by atoms with E-state index in [1.165, 1.54) is 64.2 Å². The Hall–Kier alpha value is -0.520. The fourth-order valence-electron chi connectivity index (χ4n) is 5.48. The Kier molecular flexibility index (Phi) is 19.9. The second-order valence-electron chi connectivity index (χ2n) is 12.0.